The Kier molecular flexibility index (Phi) is 3.58. The maximum atomic E-state index is 14.3. The van der Waals surface area contributed by atoms with Gasteiger partial charge in [-0.1, -0.05) is 48.5 Å². The van der Waals surface area contributed by atoms with Crippen molar-refractivity contribution in [2.45, 2.75) is 25.3 Å². The highest BCUT2D eigenvalue weighted by Crippen LogP contribution is 2.54. The molecule has 1 fully saturated rings. The minimum absolute atomic E-state index is 0.0643. The molecule has 1 aliphatic rings. The van der Waals surface area contributed by atoms with Crippen molar-refractivity contribution < 1.29 is 4.39 Å². The van der Waals surface area contributed by atoms with E-state index < -0.39 is 0 Å². The van der Waals surface area contributed by atoms with Crippen LogP contribution in [-0.2, 0) is 0 Å². The first-order valence-corrected chi connectivity index (χ1v) is 7.19. The number of hydrogen-bond acceptors (Lipinski definition) is 1. The van der Waals surface area contributed by atoms with Crippen LogP contribution in [0.5, 0.6) is 0 Å². The van der Waals surface area contributed by atoms with Gasteiger partial charge < -0.3 is 5.32 Å². The van der Waals surface area contributed by atoms with E-state index in [4.69, 9.17) is 0 Å². The van der Waals surface area contributed by atoms with Crippen LogP contribution in [0.25, 0.3) is 0 Å². The molecular weight excluding hydrogens is 249 g/mol. The lowest BCUT2D eigenvalue weighted by atomic mass is 9.97. The Morgan fingerprint density at radius 1 is 1.10 bits per heavy atom. The van der Waals surface area contributed by atoms with E-state index in [0.29, 0.717) is 11.8 Å². The van der Waals surface area contributed by atoms with Crippen LogP contribution in [0.4, 0.5) is 4.39 Å². The molecule has 0 aliphatic heterocycles. The van der Waals surface area contributed by atoms with Crippen LogP contribution in [0.3, 0.4) is 0 Å². The quantitative estimate of drug-likeness (QED) is 0.877. The van der Waals surface area contributed by atoms with Gasteiger partial charge in [-0.3, -0.25) is 0 Å². The molecule has 0 aromatic heterocycles. The van der Waals surface area contributed by atoms with E-state index in [9.17, 15) is 4.39 Å². The van der Waals surface area contributed by atoms with Crippen molar-refractivity contribution in [2.75, 3.05) is 7.05 Å². The lowest BCUT2D eigenvalue weighted by Gasteiger charge is -2.18. The fourth-order valence-corrected chi connectivity index (χ4v) is 3.18. The molecule has 0 bridgehead atoms. The van der Waals surface area contributed by atoms with Crippen LogP contribution in [0.2, 0.25) is 0 Å². The number of halogens is 1. The van der Waals surface area contributed by atoms with Crippen molar-refractivity contribution in [3.8, 4) is 0 Å². The summed E-state index contributed by atoms with van der Waals surface area (Å²) < 4.78 is 14.3. The van der Waals surface area contributed by atoms with Crippen LogP contribution in [0.1, 0.15) is 35.1 Å². The highest BCUT2D eigenvalue weighted by molar-refractivity contribution is 5.33. The minimum Gasteiger partial charge on any atom is -0.313 e. The van der Waals surface area contributed by atoms with Crippen LogP contribution in [0.15, 0.2) is 48.5 Å². The summed E-state index contributed by atoms with van der Waals surface area (Å²) in [5.74, 6) is 0.970. The number of nitrogens with one attached hydrogen (secondary N) is 1. The van der Waals surface area contributed by atoms with E-state index in [1.807, 2.05) is 38.2 Å². The molecule has 2 aromatic carbocycles. The second-order valence-corrected chi connectivity index (χ2v) is 5.66. The van der Waals surface area contributed by atoms with Crippen molar-refractivity contribution in [1.82, 2.24) is 5.32 Å². The predicted octanol–water partition coefficient (Wildman–Crippen LogP) is 4.20. The maximum Gasteiger partial charge on any atom is 0.130 e. The van der Waals surface area contributed by atoms with Crippen LogP contribution >= 0.6 is 0 Å². The van der Waals surface area contributed by atoms with E-state index in [-0.39, 0.29) is 11.9 Å². The summed E-state index contributed by atoms with van der Waals surface area (Å²) in [4.78, 5) is 0. The second kappa shape index (κ2) is 5.37. The first-order valence-electron chi connectivity index (χ1n) is 7.19. The summed E-state index contributed by atoms with van der Waals surface area (Å²) in [6.07, 6.45) is 1.13. The molecule has 20 heavy (non-hydrogen) atoms. The molecule has 1 saturated carbocycles. The van der Waals surface area contributed by atoms with Gasteiger partial charge in [0.05, 0.1) is 0 Å². The molecule has 104 valence electrons. The Morgan fingerprint density at radius 2 is 1.85 bits per heavy atom. The molecule has 0 saturated heterocycles. The van der Waals surface area contributed by atoms with Gasteiger partial charge >= 0.3 is 0 Å². The highest BCUT2D eigenvalue weighted by Gasteiger charge is 2.44. The molecule has 0 spiro atoms. The molecule has 0 heterocycles. The largest absolute Gasteiger partial charge is 0.313 e. The van der Waals surface area contributed by atoms with E-state index in [2.05, 4.69) is 29.6 Å². The zero-order valence-corrected chi connectivity index (χ0v) is 11.9. The number of rotatable bonds is 4. The van der Waals surface area contributed by atoms with Crippen molar-refractivity contribution >= 4 is 0 Å². The fraction of sp³-hybridized carbons (Fsp3) is 0.333. The Bertz CT molecular complexity index is 594. The van der Waals surface area contributed by atoms with Gasteiger partial charge in [-0.25, -0.2) is 4.39 Å². The molecule has 1 nitrogen and oxygen atoms in total. The standard InChI is InChI=1S/C18H20FN/c1-12-7-6-10-14(17(12)19)18(20-2)16-11-15(16)13-8-4-3-5-9-13/h3-10,15-16,18,20H,11H2,1-2H3. The van der Waals surface area contributed by atoms with Crippen LogP contribution < -0.4 is 5.32 Å². The minimum atomic E-state index is -0.0643. The van der Waals surface area contributed by atoms with Crippen molar-refractivity contribution in [3.63, 3.8) is 0 Å². The van der Waals surface area contributed by atoms with Gasteiger partial charge in [-0.15, -0.1) is 0 Å². The smallest absolute Gasteiger partial charge is 0.130 e. The Balaban J connectivity index is 1.84. The molecule has 2 heteroatoms. The van der Waals surface area contributed by atoms with Crippen molar-refractivity contribution in [3.05, 3.63) is 71.0 Å². The summed E-state index contributed by atoms with van der Waals surface area (Å²) >= 11 is 0. The SMILES string of the molecule is CNC(c1cccc(C)c1F)C1CC1c1ccccc1. The Hall–Kier alpha value is -1.67. The molecule has 3 unspecified atom stereocenters. The summed E-state index contributed by atoms with van der Waals surface area (Å²) in [7, 11) is 1.92. The molecule has 3 atom stereocenters. The molecule has 3 rings (SSSR count). The average Bonchev–Trinajstić information content (AvgIpc) is 3.26. The van der Waals surface area contributed by atoms with Gasteiger partial charge in [0.2, 0.25) is 0 Å². The van der Waals surface area contributed by atoms with Gasteiger partial charge in [0.25, 0.3) is 0 Å². The lowest BCUT2D eigenvalue weighted by Crippen LogP contribution is -2.20. The fourth-order valence-electron chi connectivity index (χ4n) is 3.18. The summed E-state index contributed by atoms with van der Waals surface area (Å²) in [6, 6.07) is 16.3. The summed E-state index contributed by atoms with van der Waals surface area (Å²) in [5, 5.41) is 3.31. The van der Waals surface area contributed by atoms with Crippen molar-refractivity contribution in [2.24, 2.45) is 5.92 Å². The van der Waals surface area contributed by atoms with E-state index in [1.165, 1.54) is 5.56 Å². The van der Waals surface area contributed by atoms with Crippen LogP contribution in [0, 0.1) is 18.7 Å². The monoisotopic (exact) mass is 269 g/mol. The third-order valence-corrected chi connectivity index (χ3v) is 4.36. The molecular formula is C18H20FN. The number of benzene rings is 2. The highest BCUT2D eigenvalue weighted by atomic mass is 19.1. The van der Waals surface area contributed by atoms with Crippen LogP contribution in [-0.4, -0.2) is 7.05 Å². The van der Waals surface area contributed by atoms with E-state index >= 15 is 0 Å². The molecule has 1 aliphatic carbocycles. The Morgan fingerprint density at radius 3 is 2.55 bits per heavy atom. The number of hydrogen-bond donors (Lipinski definition) is 1. The third kappa shape index (κ3) is 2.36. The topological polar surface area (TPSA) is 12.0 Å². The van der Waals surface area contributed by atoms with Gasteiger partial charge in [0.15, 0.2) is 0 Å². The molecule has 1 N–H and O–H groups in total. The van der Waals surface area contributed by atoms with Gasteiger partial charge in [-0.2, -0.15) is 0 Å². The van der Waals surface area contributed by atoms with Gasteiger partial charge in [-0.05, 0) is 43.4 Å². The summed E-state index contributed by atoms with van der Waals surface area (Å²) in [6.45, 7) is 1.83. The molecule has 2 aromatic rings. The first-order chi connectivity index (χ1) is 9.72. The molecule has 0 amide bonds. The van der Waals surface area contributed by atoms with Gasteiger partial charge in [0.1, 0.15) is 5.82 Å². The Labute approximate surface area is 119 Å². The summed E-state index contributed by atoms with van der Waals surface area (Å²) in [5.41, 5.74) is 2.89. The zero-order valence-electron chi connectivity index (χ0n) is 11.9. The normalized spacial score (nSPS) is 22.6. The average molecular weight is 269 g/mol. The van der Waals surface area contributed by atoms with Gasteiger partial charge in [0, 0.05) is 11.6 Å². The van der Waals surface area contributed by atoms with E-state index in [1.54, 1.807) is 0 Å². The van der Waals surface area contributed by atoms with Crippen molar-refractivity contribution in [1.29, 1.82) is 0 Å². The third-order valence-electron chi connectivity index (χ3n) is 4.36. The predicted molar refractivity (Wildman–Crippen MR) is 80.2 cm³/mol. The van der Waals surface area contributed by atoms with E-state index in [0.717, 1.165) is 17.5 Å². The lowest BCUT2D eigenvalue weighted by molar-refractivity contribution is 0.482. The molecule has 0 radical (unpaired) electrons. The number of aryl methyl sites for hydroxylation is 1. The maximum absolute atomic E-state index is 14.3. The zero-order chi connectivity index (χ0) is 14.1. The second-order valence-electron chi connectivity index (χ2n) is 5.66. The first kappa shape index (κ1) is 13.3.